The van der Waals surface area contributed by atoms with Crippen molar-refractivity contribution in [3.8, 4) is 0 Å². The van der Waals surface area contributed by atoms with E-state index in [4.69, 9.17) is 11.6 Å². The van der Waals surface area contributed by atoms with Crippen molar-refractivity contribution in [1.82, 2.24) is 4.90 Å². The standard InChI is InChI=1S/C10H11ClF3NO3/c1-2-18-9(17)4-7(10(12,13)14)15-5-6(11)3-8(15)16/h4,6H,2-3,5H2,1H3. The minimum Gasteiger partial charge on any atom is -0.463 e. The lowest BCUT2D eigenvalue weighted by Gasteiger charge is -2.21. The first-order valence-electron chi connectivity index (χ1n) is 5.15. The number of rotatable bonds is 3. The third-order valence-corrected chi connectivity index (χ3v) is 2.49. The Labute approximate surface area is 106 Å². The van der Waals surface area contributed by atoms with Crippen LogP contribution in [0.2, 0.25) is 0 Å². The molecule has 0 bridgehead atoms. The first-order chi connectivity index (χ1) is 8.25. The van der Waals surface area contributed by atoms with E-state index in [0.29, 0.717) is 4.90 Å². The van der Waals surface area contributed by atoms with Crippen LogP contribution in [0.15, 0.2) is 11.8 Å². The van der Waals surface area contributed by atoms with E-state index < -0.39 is 29.1 Å². The molecular formula is C10H11ClF3NO3. The van der Waals surface area contributed by atoms with Crippen LogP contribution in [0.25, 0.3) is 0 Å². The summed E-state index contributed by atoms with van der Waals surface area (Å²) in [5, 5.41) is -0.689. The number of amides is 1. The molecule has 1 fully saturated rings. The van der Waals surface area contributed by atoms with Gasteiger partial charge >= 0.3 is 12.1 Å². The van der Waals surface area contributed by atoms with Gasteiger partial charge in [0, 0.05) is 13.0 Å². The number of hydrogen-bond donors (Lipinski definition) is 0. The maximum Gasteiger partial charge on any atom is 0.431 e. The van der Waals surface area contributed by atoms with Crippen molar-refractivity contribution in [3.05, 3.63) is 11.8 Å². The Hall–Kier alpha value is -1.24. The average Bonchev–Trinajstić information content (AvgIpc) is 2.53. The van der Waals surface area contributed by atoms with Crippen LogP contribution in [0.5, 0.6) is 0 Å². The Kier molecular flexibility index (Phi) is 4.61. The maximum absolute atomic E-state index is 12.8. The molecule has 1 rings (SSSR count). The normalized spacial score (nSPS) is 21.4. The van der Waals surface area contributed by atoms with E-state index in [1.54, 1.807) is 0 Å². The topological polar surface area (TPSA) is 46.6 Å². The summed E-state index contributed by atoms with van der Waals surface area (Å²) in [4.78, 5) is 22.9. The third kappa shape index (κ3) is 3.63. The van der Waals surface area contributed by atoms with Crippen LogP contribution in [0.1, 0.15) is 13.3 Å². The fourth-order valence-electron chi connectivity index (χ4n) is 1.51. The number of carbonyl (C=O) groups is 2. The summed E-state index contributed by atoms with van der Waals surface area (Å²) in [7, 11) is 0. The molecule has 1 heterocycles. The predicted molar refractivity (Wildman–Crippen MR) is 56.7 cm³/mol. The summed E-state index contributed by atoms with van der Waals surface area (Å²) in [6, 6.07) is 0. The van der Waals surface area contributed by atoms with Gasteiger partial charge in [-0.2, -0.15) is 13.2 Å². The van der Waals surface area contributed by atoms with Crippen LogP contribution in [0.3, 0.4) is 0 Å². The van der Waals surface area contributed by atoms with E-state index in [9.17, 15) is 22.8 Å². The summed E-state index contributed by atoms with van der Waals surface area (Å²) in [5.74, 6) is -1.90. The number of hydrogen-bond acceptors (Lipinski definition) is 3. The van der Waals surface area contributed by atoms with Crippen molar-refractivity contribution >= 4 is 23.5 Å². The molecule has 0 aromatic carbocycles. The Morgan fingerprint density at radius 2 is 2.22 bits per heavy atom. The van der Waals surface area contributed by atoms with Crippen LogP contribution in [-0.4, -0.2) is 41.5 Å². The van der Waals surface area contributed by atoms with Crippen LogP contribution >= 0.6 is 11.6 Å². The molecule has 0 aromatic heterocycles. The molecule has 1 atom stereocenters. The monoisotopic (exact) mass is 285 g/mol. The molecule has 0 aliphatic carbocycles. The van der Waals surface area contributed by atoms with Gasteiger partial charge in [-0.15, -0.1) is 11.6 Å². The highest BCUT2D eigenvalue weighted by Crippen LogP contribution is 2.32. The van der Waals surface area contributed by atoms with E-state index >= 15 is 0 Å². The fraction of sp³-hybridized carbons (Fsp3) is 0.600. The van der Waals surface area contributed by atoms with Crippen LogP contribution in [0.4, 0.5) is 13.2 Å². The number of carbonyl (C=O) groups excluding carboxylic acids is 2. The SMILES string of the molecule is CCOC(=O)C=C(N1CC(Cl)CC1=O)C(F)(F)F. The molecule has 0 spiro atoms. The highest BCUT2D eigenvalue weighted by molar-refractivity contribution is 6.22. The highest BCUT2D eigenvalue weighted by atomic mass is 35.5. The molecular weight excluding hydrogens is 275 g/mol. The smallest absolute Gasteiger partial charge is 0.431 e. The number of alkyl halides is 4. The lowest BCUT2D eigenvalue weighted by molar-refractivity contribution is -0.142. The second-order valence-corrected chi connectivity index (χ2v) is 4.20. The summed E-state index contributed by atoms with van der Waals surface area (Å²) in [5.41, 5.74) is -1.34. The van der Waals surface area contributed by atoms with Gasteiger partial charge in [-0.1, -0.05) is 0 Å². The van der Waals surface area contributed by atoms with Crippen molar-refractivity contribution in [2.45, 2.75) is 24.9 Å². The Bertz CT molecular complexity index is 381. The zero-order valence-electron chi connectivity index (χ0n) is 9.46. The summed E-state index contributed by atoms with van der Waals surface area (Å²) in [6.07, 6.45) is -4.72. The molecule has 1 aliphatic heterocycles. The molecule has 1 amide bonds. The second-order valence-electron chi connectivity index (χ2n) is 3.59. The molecule has 0 radical (unpaired) electrons. The van der Waals surface area contributed by atoms with Crippen molar-refractivity contribution in [1.29, 1.82) is 0 Å². The van der Waals surface area contributed by atoms with E-state index in [0.717, 1.165) is 0 Å². The van der Waals surface area contributed by atoms with Gasteiger partial charge in [0.15, 0.2) is 0 Å². The first kappa shape index (κ1) is 14.8. The largest absolute Gasteiger partial charge is 0.463 e. The van der Waals surface area contributed by atoms with Gasteiger partial charge < -0.3 is 9.64 Å². The van der Waals surface area contributed by atoms with Gasteiger partial charge in [0.05, 0.1) is 18.1 Å². The van der Waals surface area contributed by atoms with Crippen LogP contribution in [-0.2, 0) is 14.3 Å². The zero-order chi connectivity index (χ0) is 13.9. The highest BCUT2D eigenvalue weighted by Gasteiger charge is 2.44. The van der Waals surface area contributed by atoms with E-state index in [1.165, 1.54) is 6.92 Å². The van der Waals surface area contributed by atoms with Crippen molar-refractivity contribution in [2.75, 3.05) is 13.2 Å². The van der Waals surface area contributed by atoms with Gasteiger partial charge in [0.2, 0.25) is 5.91 Å². The molecule has 18 heavy (non-hydrogen) atoms. The maximum atomic E-state index is 12.8. The fourth-order valence-corrected chi connectivity index (χ4v) is 1.78. The Morgan fingerprint density at radius 3 is 2.61 bits per heavy atom. The third-order valence-electron chi connectivity index (χ3n) is 2.20. The number of ether oxygens (including phenoxy) is 1. The van der Waals surface area contributed by atoms with Crippen molar-refractivity contribution < 1.29 is 27.5 Å². The van der Waals surface area contributed by atoms with Crippen LogP contribution in [0, 0.1) is 0 Å². The van der Waals surface area contributed by atoms with E-state index in [1.807, 2.05) is 0 Å². The van der Waals surface area contributed by atoms with Gasteiger partial charge in [-0.25, -0.2) is 4.79 Å². The van der Waals surface area contributed by atoms with Gasteiger partial charge in [-0.05, 0) is 6.92 Å². The molecule has 8 heteroatoms. The molecule has 1 aliphatic rings. The molecule has 0 N–H and O–H groups in total. The lowest BCUT2D eigenvalue weighted by atomic mass is 10.3. The number of allylic oxidation sites excluding steroid dienone is 1. The Morgan fingerprint density at radius 1 is 1.61 bits per heavy atom. The lowest BCUT2D eigenvalue weighted by Crippen LogP contribution is -2.34. The first-order valence-corrected chi connectivity index (χ1v) is 5.59. The zero-order valence-corrected chi connectivity index (χ0v) is 10.2. The van der Waals surface area contributed by atoms with Crippen molar-refractivity contribution in [3.63, 3.8) is 0 Å². The summed E-state index contributed by atoms with van der Waals surface area (Å²) >= 11 is 5.62. The molecule has 1 saturated heterocycles. The van der Waals surface area contributed by atoms with Crippen LogP contribution < -0.4 is 0 Å². The molecule has 0 aromatic rings. The van der Waals surface area contributed by atoms with E-state index in [2.05, 4.69) is 4.74 Å². The molecule has 4 nitrogen and oxygen atoms in total. The van der Waals surface area contributed by atoms with Gasteiger partial charge in [0.25, 0.3) is 0 Å². The number of esters is 1. The summed E-state index contributed by atoms with van der Waals surface area (Å²) < 4.78 is 42.7. The van der Waals surface area contributed by atoms with Gasteiger partial charge in [-0.3, -0.25) is 4.79 Å². The molecule has 1 unspecified atom stereocenters. The number of nitrogens with zero attached hydrogens (tertiary/aromatic N) is 1. The Balaban J connectivity index is 3.00. The predicted octanol–water partition coefficient (Wildman–Crippen LogP) is 1.84. The average molecular weight is 286 g/mol. The summed E-state index contributed by atoms with van der Waals surface area (Å²) in [6.45, 7) is 1.15. The van der Waals surface area contributed by atoms with Crippen molar-refractivity contribution in [2.24, 2.45) is 0 Å². The number of likely N-dealkylation sites (tertiary alicyclic amines) is 1. The quantitative estimate of drug-likeness (QED) is 0.451. The van der Waals surface area contributed by atoms with E-state index in [-0.39, 0.29) is 25.6 Å². The second kappa shape index (κ2) is 5.60. The molecule has 0 saturated carbocycles. The van der Waals surface area contributed by atoms with Gasteiger partial charge in [0.1, 0.15) is 5.70 Å². The minimum atomic E-state index is -4.82. The molecule has 102 valence electrons. The minimum absolute atomic E-state index is 0.0491. The number of halogens is 4.